The van der Waals surface area contributed by atoms with Crippen LogP contribution in [0.15, 0.2) is 35.3 Å². The molecule has 0 amide bonds. The van der Waals surface area contributed by atoms with Crippen molar-refractivity contribution in [2.75, 3.05) is 26.7 Å². The zero-order valence-electron chi connectivity index (χ0n) is 15.7. The van der Waals surface area contributed by atoms with Crippen molar-refractivity contribution in [1.29, 1.82) is 0 Å². The summed E-state index contributed by atoms with van der Waals surface area (Å²) in [5.41, 5.74) is 1.28. The van der Waals surface area contributed by atoms with Gasteiger partial charge in [0.05, 0.1) is 12.2 Å². The number of rotatable bonds is 5. The summed E-state index contributed by atoms with van der Waals surface area (Å²) >= 11 is 0. The molecule has 2 unspecified atom stereocenters. The van der Waals surface area contributed by atoms with Crippen LogP contribution in [-0.2, 0) is 11.3 Å². The molecule has 5 heteroatoms. The van der Waals surface area contributed by atoms with Gasteiger partial charge in [-0.3, -0.25) is 9.89 Å². The van der Waals surface area contributed by atoms with E-state index in [0.29, 0.717) is 0 Å². The largest absolute Gasteiger partial charge is 0.373 e. The van der Waals surface area contributed by atoms with Gasteiger partial charge in [0, 0.05) is 38.8 Å². The minimum absolute atomic E-state index is 0.0384. The van der Waals surface area contributed by atoms with Crippen molar-refractivity contribution < 1.29 is 4.74 Å². The summed E-state index contributed by atoms with van der Waals surface area (Å²) in [7, 11) is 1.81. The van der Waals surface area contributed by atoms with Crippen LogP contribution >= 0.6 is 0 Å². The average molecular weight is 332 g/mol. The monoisotopic (exact) mass is 332 g/mol. The van der Waals surface area contributed by atoms with E-state index in [9.17, 15) is 0 Å². The summed E-state index contributed by atoms with van der Waals surface area (Å²) in [6.07, 6.45) is 0.562. The second-order valence-electron chi connectivity index (χ2n) is 7.24. The molecule has 0 aliphatic carbocycles. The quantitative estimate of drug-likeness (QED) is 0.641. The molecule has 1 aliphatic rings. The van der Waals surface area contributed by atoms with Gasteiger partial charge in [-0.05, 0) is 33.3 Å². The van der Waals surface area contributed by atoms with E-state index in [0.717, 1.165) is 32.1 Å². The third kappa shape index (κ3) is 5.49. The Hall–Kier alpha value is -1.59. The second-order valence-corrected chi connectivity index (χ2v) is 7.24. The lowest BCUT2D eigenvalue weighted by molar-refractivity contribution is -0.0946. The summed E-state index contributed by atoms with van der Waals surface area (Å²) in [4.78, 5) is 6.84. The van der Waals surface area contributed by atoms with E-state index in [4.69, 9.17) is 4.74 Å². The van der Waals surface area contributed by atoms with Crippen molar-refractivity contribution >= 4 is 5.96 Å². The molecule has 0 spiro atoms. The zero-order valence-corrected chi connectivity index (χ0v) is 15.7. The third-order valence-electron chi connectivity index (χ3n) is 4.49. The molecule has 1 aromatic carbocycles. The van der Waals surface area contributed by atoms with Crippen molar-refractivity contribution in [3.63, 3.8) is 0 Å². The minimum atomic E-state index is 0.0384. The molecule has 2 atom stereocenters. The molecule has 1 aliphatic heterocycles. The maximum atomic E-state index is 5.85. The minimum Gasteiger partial charge on any atom is -0.373 e. The maximum absolute atomic E-state index is 5.85. The highest BCUT2D eigenvalue weighted by Crippen LogP contribution is 2.20. The fourth-order valence-corrected chi connectivity index (χ4v) is 3.09. The van der Waals surface area contributed by atoms with Crippen molar-refractivity contribution in [2.45, 2.75) is 52.0 Å². The van der Waals surface area contributed by atoms with E-state index in [-0.39, 0.29) is 17.7 Å². The fraction of sp³-hybridized carbons (Fsp3) is 0.632. The summed E-state index contributed by atoms with van der Waals surface area (Å²) in [6.45, 7) is 12.4. The number of aliphatic imine (C=N–C) groups is 1. The van der Waals surface area contributed by atoms with Gasteiger partial charge in [0.2, 0.25) is 0 Å². The van der Waals surface area contributed by atoms with E-state index in [1.54, 1.807) is 0 Å². The molecular formula is C19H32N4O. The van der Waals surface area contributed by atoms with Gasteiger partial charge in [0.15, 0.2) is 5.96 Å². The normalized spacial score (nSPS) is 23.1. The van der Waals surface area contributed by atoms with Gasteiger partial charge in [-0.25, -0.2) is 0 Å². The van der Waals surface area contributed by atoms with Gasteiger partial charge in [-0.15, -0.1) is 0 Å². The van der Waals surface area contributed by atoms with Crippen molar-refractivity contribution in [1.82, 2.24) is 15.5 Å². The molecule has 0 saturated carbocycles. The third-order valence-corrected chi connectivity index (χ3v) is 4.49. The highest BCUT2D eigenvalue weighted by Gasteiger charge is 2.33. The first-order valence-electron chi connectivity index (χ1n) is 8.79. The molecule has 24 heavy (non-hydrogen) atoms. The van der Waals surface area contributed by atoms with Crippen molar-refractivity contribution in [3.05, 3.63) is 35.9 Å². The first-order valence-corrected chi connectivity index (χ1v) is 8.79. The Morgan fingerprint density at radius 1 is 1.17 bits per heavy atom. The summed E-state index contributed by atoms with van der Waals surface area (Å²) in [6, 6.07) is 10.4. The number of hydrogen-bond acceptors (Lipinski definition) is 3. The molecule has 1 saturated heterocycles. The number of nitrogens with one attached hydrogen (secondary N) is 2. The predicted molar refractivity (Wildman–Crippen MR) is 100 cm³/mol. The molecule has 0 bridgehead atoms. The Balaban J connectivity index is 1.85. The van der Waals surface area contributed by atoms with Crippen LogP contribution in [-0.4, -0.2) is 55.3 Å². The van der Waals surface area contributed by atoms with Crippen LogP contribution < -0.4 is 10.6 Å². The van der Waals surface area contributed by atoms with Crippen molar-refractivity contribution in [2.24, 2.45) is 4.99 Å². The van der Waals surface area contributed by atoms with E-state index < -0.39 is 0 Å². The number of ether oxygens (including phenoxy) is 1. The fourth-order valence-electron chi connectivity index (χ4n) is 3.09. The molecule has 1 heterocycles. The van der Waals surface area contributed by atoms with Crippen LogP contribution in [0.25, 0.3) is 0 Å². The first kappa shape index (κ1) is 18.7. The maximum Gasteiger partial charge on any atom is 0.191 e. The Kier molecular flexibility index (Phi) is 6.63. The van der Waals surface area contributed by atoms with Gasteiger partial charge in [-0.1, -0.05) is 30.3 Å². The standard InChI is InChI=1S/C19H32N4O/c1-15-12-23(13-16(2)24-15)19(3,4)14-22-18(20-5)21-11-17-9-7-6-8-10-17/h6-10,15-16H,11-14H2,1-5H3,(H2,20,21,22). The van der Waals surface area contributed by atoms with Gasteiger partial charge >= 0.3 is 0 Å². The Morgan fingerprint density at radius 2 is 1.79 bits per heavy atom. The van der Waals surface area contributed by atoms with E-state index >= 15 is 0 Å². The highest BCUT2D eigenvalue weighted by atomic mass is 16.5. The zero-order chi connectivity index (χ0) is 17.6. The van der Waals surface area contributed by atoms with Crippen LogP contribution in [0.1, 0.15) is 33.3 Å². The average Bonchev–Trinajstić information content (AvgIpc) is 2.55. The highest BCUT2D eigenvalue weighted by molar-refractivity contribution is 5.79. The molecule has 1 fully saturated rings. The molecule has 1 aromatic rings. The van der Waals surface area contributed by atoms with E-state index in [1.165, 1.54) is 5.56 Å². The number of hydrogen-bond donors (Lipinski definition) is 2. The number of morpholine rings is 1. The molecule has 0 radical (unpaired) electrons. The van der Waals surface area contributed by atoms with Crippen LogP contribution in [0.4, 0.5) is 0 Å². The van der Waals surface area contributed by atoms with E-state index in [2.05, 4.69) is 72.5 Å². The molecule has 134 valence electrons. The Morgan fingerprint density at radius 3 is 2.38 bits per heavy atom. The van der Waals surface area contributed by atoms with Crippen LogP contribution in [0.5, 0.6) is 0 Å². The van der Waals surface area contributed by atoms with Crippen LogP contribution in [0.2, 0.25) is 0 Å². The predicted octanol–water partition coefficient (Wildman–Crippen LogP) is 2.24. The topological polar surface area (TPSA) is 48.9 Å². The lowest BCUT2D eigenvalue weighted by Gasteiger charge is -2.45. The molecule has 2 N–H and O–H groups in total. The van der Waals surface area contributed by atoms with Gasteiger partial charge < -0.3 is 15.4 Å². The SMILES string of the molecule is CN=C(NCc1ccccc1)NCC(C)(C)N1CC(C)OC(C)C1. The van der Waals surface area contributed by atoms with Gasteiger partial charge in [-0.2, -0.15) is 0 Å². The molecular weight excluding hydrogens is 300 g/mol. The Bertz CT molecular complexity index is 519. The smallest absolute Gasteiger partial charge is 0.191 e. The summed E-state index contributed by atoms with van der Waals surface area (Å²) in [5.74, 6) is 0.835. The van der Waals surface area contributed by atoms with Crippen LogP contribution in [0, 0.1) is 0 Å². The van der Waals surface area contributed by atoms with Gasteiger partial charge in [0.1, 0.15) is 0 Å². The molecule has 5 nitrogen and oxygen atoms in total. The number of nitrogens with zero attached hydrogens (tertiary/aromatic N) is 2. The summed E-state index contributed by atoms with van der Waals surface area (Å²) in [5, 5.41) is 6.84. The van der Waals surface area contributed by atoms with Gasteiger partial charge in [0.25, 0.3) is 0 Å². The number of guanidine groups is 1. The summed E-state index contributed by atoms with van der Waals surface area (Å²) < 4.78 is 5.85. The number of benzene rings is 1. The van der Waals surface area contributed by atoms with E-state index in [1.807, 2.05) is 13.1 Å². The lowest BCUT2D eigenvalue weighted by atomic mass is 10.00. The molecule has 0 aromatic heterocycles. The first-order chi connectivity index (χ1) is 11.4. The van der Waals surface area contributed by atoms with Crippen LogP contribution in [0.3, 0.4) is 0 Å². The lowest BCUT2D eigenvalue weighted by Crippen LogP contribution is -2.59. The second kappa shape index (κ2) is 8.49. The Labute approximate surface area is 146 Å². The van der Waals surface area contributed by atoms with Crippen molar-refractivity contribution in [3.8, 4) is 0 Å². The molecule has 2 rings (SSSR count).